The standard InChI is InChI=1S/C16H20F3N3O4/c1-2-26-14(23)12-8-11(16(17,18)19)7-10(13(12)20)9-21-3-5-22(6-4-21)15(24)25/h7-8H,2-6,9,20H2,1H3,(H,24,25). The van der Waals surface area contributed by atoms with Crippen molar-refractivity contribution < 1.29 is 32.6 Å². The van der Waals surface area contributed by atoms with Crippen molar-refractivity contribution in [2.45, 2.75) is 19.6 Å². The summed E-state index contributed by atoms with van der Waals surface area (Å²) in [5.74, 6) is -0.909. The molecule has 7 nitrogen and oxygen atoms in total. The highest BCUT2D eigenvalue weighted by atomic mass is 19.4. The van der Waals surface area contributed by atoms with E-state index in [2.05, 4.69) is 0 Å². The number of carbonyl (C=O) groups is 2. The van der Waals surface area contributed by atoms with Crippen LogP contribution in [0.15, 0.2) is 12.1 Å². The molecule has 0 saturated carbocycles. The number of nitrogens with two attached hydrogens (primary N) is 1. The Kier molecular flexibility index (Phi) is 5.96. The van der Waals surface area contributed by atoms with Crippen molar-refractivity contribution >= 4 is 17.7 Å². The predicted molar refractivity (Wildman–Crippen MR) is 86.7 cm³/mol. The summed E-state index contributed by atoms with van der Waals surface area (Å²) in [5.41, 5.74) is 4.72. The maximum absolute atomic E-state index is 13.2. The Morgan fingerprint density at radius 3 is 2.35 bits per heavy atom. The second-order valence-corrected chi connectivity index (χ2v) is 5.86. The van der Waals surface area contributed by atoms with Gasteiger partial charge in [0, 0.05) is 32.7 Å². The van der Waals surface area contributed by atoms with Crippen LogP contribution in [0.1, 0.15) is 28.4 Å². The molecule has 1 amide bonds. The lowest BCUT2D eigenvalue weighted by atomic mass is 10.0. The monoisotopic (exact) mass is 375 g/mol. The van der Waals surface area contributed by atoms with E-state index < -0.39 is 23.8 Å². The predicted octanol–water partition coefficient (Wildman–Crippen LogP) is 2.26. The van der Waals surface area contributed by atoms with Crippen molar-refractivity contribution in [3.05, 3.63) is 28.8 Å². The van der Waals surface area contributed by atoms with Gasteiger partial charge in [0.2, 0.25) is 0 Å². The normalized spacial score (nSPS) is 15.8. The summed E-state index contributed by atoms with van der Waals surface area (Å²) in [6.07, 6.45) is -5.67. The molecule has 1 aromatic rings. The fourth-order valence-corrected chi connectivity index (χ4v) is 2.72. The third-order valence-electron chi connectivity index (χ3n) is 4.13. The Labute approximate surface area is 148 Å². The molecule has 0 bridgehead atoms. The molecule has 0 atom stereocenters. The number of nitrogens with zero attached hydrogens (tertiary/aromatic N) is 2. The summed E-state index contributed by atoms with van der Waals surface area (Å²) in [5, 5.41) is 8.94. The molecule has 0 aromatic heterocycles. The number of piperazine rings is 1. The van der Waals surface area contributed by atoms with Crippen LogP contribution in [0.3, 0.4) is 0 Å². The topological polar surface area (TPSA) is 96.1 Å². The zero-order valence-corrected chi connectivity index (χ0v) is 14.2. The molecule has 0 unspecified atom stereocenters. The first kappa shape index (κ1) is 19.8. The number of nitrogen functional groups attached to an aromatic ring is 1. The molecule has 1 aliphatic rings. The lowest BCUT2D eigenvalue weighted by Gasteiger charge is -2.33. The summed E-state index contributed by atoms with van der Waals surface area (Å²) in [6.45, 7) is 2.85. The number of esters is 1. The fourth-order valence-electron chi connectivity index (χ4n) is 2.72. The Hall–Kier alpha value is -2.49. The molecular formula is C16H20F3N3O4. The van der Waals surface area contributed by atoms with E-state index in [1.807, 2.05) is 0 Å². The van der Waals surface area contributed by atoms with Crippen LogP contribution < -0.4 is 5.73 Å². The Morgan fingerprint density at radius 1 is 1.23 bits per heavy atom. The van der Waals surface area contributed by atoms with E-state index in [1.54, 1.807) is 11.8 Å². The van der Waals surface area contributed by atoms with Crippen LogP contribution in [0.25, 0.3) is 0 Å². The number of anilines is 1. The average molecular weight is 375 g/mol. The summed E-state index contributed by atoms with van der Waals surface area (Å²) >= 11 is 0. The number of hydrogen-bond donors (Lipinski definition) is 2. The fraction of sp³-hybridized carbons (Fsp3) is 0.500. The zero-order chi connectivity index (χ0) is 19.5. The van der Waals surface area contributed by atoms with Crippen LogP contribution in [0.4, 0.5) is 23.7 Å². The minimum absolute atomic E-state index is 0.0149. The number of amides is 1. The Bertz CT molecular complexity index is 686. The van der Waals surface area contributed by atoms with Crippen LogP contribution >= 0.6 is 0 Å². The summed E-state index contributed by atoms with van der Waals surface area (Å²) in [4.78, 5) is 25.9. The summed E-state index contributed by atoms with van der Waals surface area (Å²) < 4.78 is 44.3. The number of hydrogen-bond acceptors (Lipinski definition) is 5. The van der Waals surface area contributed by atoms with Gasteiger partial charge < -0.3 is 20.5 Å². The maximum atomic E-state index is 13.2. The molecule has 144 valence electrons. The van der Waals surface area contributed by atoms with Gasteiger partial charge in [0.25, 0.3) is 0 Å². The zero-order valence-electron chi connectivity index (χ0n) is 14.2. The van der Waals surface area contributed by atoms with Gasteiger partial charge in [-0.15, -0.1) is 0 Å². The smallest absolute Gasteiger partial charge is 0.416 e. The number of carboxylic acid groups (broad SMARTS) is 1. The molecule has 1 heterocycles. The van der Waals surface area contributed by atoms with E-state index in [0.717, 1.165) is 6.07 Å². The highest BCUT2D eigenvalue weighted by Gasteiger charge is 2.33. The molecule has 1 aliphatic heterocycles. The van der Waals surface area contributed by atoms with Crippen LogP contribution in [0, 0.1) is 0 Å². The average Bonchev–Trinajstić information content (AvgIpc) is 2.56. The molecule has 0 aliphatic carbocycles. The minimum atomic E-state index is -4.63. The van der Waals surface area contributed by atoms with E-state index in [4.69, 9.17) is 15.6 Å². The van der Waals surface area contributed by atoms with Crippen LogP contribution in [0.2, 0.25) is 0 Å². The van der Waals surface area contributed by atoms with Crippen LogP contribution in [-0.4, -0.2) is 59.8 Å². The van der Waals surface area contributed by atoms with Gasteiger partial charge in [-0.25, -0.2) is 9.59 Å². The van der Waals surface area contributed by atoms with E-state index in [9.17, 15) is 22.8 Å². The van der Waals surface area contributed by atoms with Crippen molar-refractivity contribution in [1.82, 2.24) is 9.80 Å². The lowest BCUT2D eigenvalue weighted by Crippen LogP contribution is -2.47. The highest BCUT2D eigenvalue weighted by Crippen LogP contribution is 2.34. The van der Waals surface area contributed by atoms with Crippen molar-refractivity contribution in [3.8, 4) is 0 Å². The van der Waals surface area contributed by atoms with E-state index >= 15 is 0 Å². The van der Waals surface area contributed by atoms with Gasteiger partial charge in [-0.3, -0.25) is 4.90 Å². The first-order valence-corrected chi connectivity index (χ1v) is 8.00. The van der Waals surface area contributed by atoms with Gasteiger partial charge in [-0.1, -0.05) is 0 Å². The molecular weight excluding hydrogens is 355 g/mol. The first-order valence-electron chi connectivity index (χ1n) is 8.00. The molecule has 10 heteroatoms. The molecule has 2 rings (SSSR count). The number of halogens is 3. The molecule has 0 radical (unpaired) electrons. The largest absolute Gasteiger partial charge is 0.465 e. The highest BCUT2D eigenvalue weighted by molar-refractivity contribution is 5.96. The van der Waals surface area contributed by atoms with Crippen molar-refractivity contribution in [2.75, 3.05) is 38.5 Å². The van der Waals surface area contributed by atoms with Gasteiger partial charge in [-0.2, -0.15) is 13.2 Å². The molecule has 0 spiro atoms. The number of benzene rings is 1. The van der Waals surface area contributed by atoms with Crippen LogP contribution in [0.5, 0.6) is 0 Å². The minimum Gasteiger partial charge on any atom is -0.465 e. The quantitative estimate of drug-likeness (QED) is 0.619. The third kappa shape index (κ3) is 4.57. The maximum Gasteiger partial charge on any atom is 0.416 e. The van der Waals surface area contributed by atoms with Crippen molar-refractivity contribution in [1.29, 1.82) is 0 Å². The molecule has 1 aromatic carbocycles. The second kappa shape index (κ2) is 7.81. The van der Waals surface area contributed by atoms with Gasteiger partial charge in [0.1, 0.15) is 0 Å². The van der Waals surface area contributed by atoms with E-state index in [1.165, 1.54) is 4.90 Å². The van der Waals surface area contributed by atoms with Gasteiger partial charge in [-0.05, 0) is 24.6 Å². The van der Waals surface area contributed by atoms with Crippen LogP contribution in [-0.2, 0) is 17.5 Å². The van der Waals surface area contributed by atoms with E-state index in [0.29, 0.717) is 19.2 Å². The molecule has 1 fully saturated rings. The number of rotatable bonds is 4. The van der Waals surface area contributed by atoms with Crippen molar-refractivity contribution in [3.63, 3.8) is 0 Å². The number of carbonyl (C=O) groups excluding carboxylic acids is 1. The second-order valence-electron chi connectivity index (χ2n) is 5.86. The molecule has 26 heavy (non-hydrogen) atoms. The van der Waals surface area contributed by atoms with Gasteiger partial charge >= 0.3 is 18.2 Å². The van der Waals surface area contributed by atoms with Crippen molar-refractivity contribution in [2.24, 2.45) is 0 Å². The summed E-state index contributed by atoms with van der Waals surface area (Å²) in [6, 6.07) is 1.61. The number of ether oxygens (including phenoxy) is 1. The van der Waals surface area contributed by atoms with Gasteiger partial charge in [0.15, 0.2) is 0 Å². The number of alkyl halides is 3. The Balaban J connectivity index is 2.28. The summed E-state index contributed by atoms with van der Waals surface area (Å²) in [7, 11) is 0. The first-order chi connectivity index (χ1) is 12.1. The van der Waals surface area contributed by atoms with Gasteiger partial charge in [0.05, 0.1) is 23.4 Å². The molecule has 1 saturated heterocycles. The lowest BCUT2D eigenvalue weighted by molar-refractivity contribution is -0.137. The van der Waals surface area contributed by atoms with E-state index in [-0.39, 0.29) is 43.1 Å². The SMILES string of the molecule is CCOC(=O)c1cc(C(F)(F)F)cc(CN2CCN(C(=O)O)CC2)c1N. The third-order valence-corrected chi connectivity index (χ3v) is 4.13. The molecule has 3 N–H and O–H groups in total. The Morgan fingerprint density at radius 2 is 1.85 bits per heavy atom.